The Bertz CT molecular complexity index is 273. The van der Waals surface area contributed by atoms with Gasteiger partial charge in [-0.2, -0.15) is 0 Å². The van der Waals surface area contributed by atoms with Crippen LogP contribution in [0.25, 0.3) is 0 Å². The number of hydrogen-bond acceptors (Lipinski definition) is 4. The van der Waals surface area contributed by atoms with Crippen LogP contribution in [-0.2, 0) is 11.8 Å². The second kappa shape index (κ2) is 5.49. The average Bonchev–Trinajstić information content (AvgIpc) is 2.45. The summed E-state index contributed by atoms with van der Waals surface area (Å²) < 4.78 is 12.2. The van der Waals surface area contributed by atoms with Gasteiger partial charge in [0.15, 0.2) is 0 Å². The molecule has 5 nitrogen and oxygen atoms in total. The standard InChI is InChI=1S/C9H17N3O2/c1-3-4-13-5-6-14-9-8(10)7-12(2)11-9/h7H,3-6,10H2,1-2H3. The third-order valence-electron chi connectivity index (χ3n) is 1.64. The Morgan fingerprint density at radius 3 is 2.79 bits per heavy atom. The monoisotopic (exact) mass is 199 g/mol. The van der Waals surface area contributed by atoms with Crippen LogP contribution in [0.1, 0.15) is 13.3 Å². The largest absolute Gasteiger partial charge is 0.473 e. The van der Waals surface area contributed by atoms with Crippen molar-refractivity contribution < 1.29 is 9.47 Å². The number of ether oxygens (including phenoxy) is 2. The van der Waals surface area contributed by atoms with E-state index in [4.69, 9.17) is 15.2 Å². The topological polar surface area (TPSA) is 62.3 Å². The molecular weight excluding hydrogens is 182 g/mol. The fraction of sp³-hybridized carbons (Fsp3) is 0.667. The van der Waals surface area contributed by atoms with Gasteiger partial charge < -0.3 is 15.2 Å². The lowest BCUT2D eigenvalue weighted by Gasteiger charge is -2.03. The molecule has 0 saturated heterocycles. The minimum Gasteiger partial charge on any atom is -0.473 e. The van der Waals surface area contributed by atoms with Crippen LogP contribution in [0.4, 0.5) is 5.69 Å². The molecule has 80 valence electrons. The fourth-order valence-corrected chi connectivity index (χ4v) is 1.04. The van der Waals surface area contributed by atoms with E-state index in [1.54, 1.807) is 17.9 Å². The molecule has 0 aliphatic carbocycles. The van der Waals surface area contributed by atoms with Gasteiger partial charge in [-0.1, -0.05) is 6.92 Å². The summed E-state index contributed by atoms with van der Waals surface area (Å²) >= 11 is 0. The lowest BCUT2D eigenvalue weighted by molar-refractivity contribution is 0.0990. The highest BCUT2D eigenvalue weighted by molar-refractivity contribution is 5.45. The molecule has 14 heavy (non-hydrogen) atoms. The molecule has 0 atom stereocenters. The highest BCUT2D eigenvalue weighted by Crippen LogP contribution is 2.16. The predicted octanol–water partition coefficient (Wildman–Crippen LogP) is 0.808. The smallest absolute Gasteiger partial charge is 0.256 e. The van der Waals surface area contributed by atoms with Gasteiger partial charge in [0, 0.05) is 13.7 Å². The molecule has 1 aromatic heterocycles. The van der Waals surface area contributed by atoms with Crippen molar-refractivity contribution in [2.45, 2.75) is 13.3 Å². The van der Waals surface area contributed by atoms with Crippen LogP contribution >= 0.6 is 0 Å². The summed E-state index contributed by atoms with van der Waals surface area (Å²) in [6, 6.07) is 0. The third kappa shape index (κ3) is 3.26. The summed E-state index contributed by atoms with van der Waals surface area (Å²) in [5.74, 6) is 0.479. The number of aryl methyl sites for hydroxylation is 1. The maximum atomic E-state index is 5.63. The molecule has 1 aromatic rings. The van der Waals surface area contributed by atoms with Crippen molar-refractivity contribution in [2.75, 3.05) is 25.6 Å². The molecule has 0 amide bonds. The van der Waals surface area contributed by atoms with Crippen LogP contribution in [0.2, 0.25) is 0 Å². The SMILES string of the molecule is CCCOCCOc1nn(C)cc1N. The first-order valence-electron chi connectivity index (χ1n) is 4.73. The molecule has 0 unspecified atom stereocenters. The van der Waals surface area contributed by atoms with Crippen LogP contribution in [0.15, 0.2) is 6.20 Å². The van der Waals surface area contributed by atoms with E-state index in [2.05, 4.69) is 12.0 Å². The van der Waals surface area contributed by atoms with E-state index in [0.29, 0.717) is 24.8 Å². The van der Waals surface area contributed by atoms with Gasteiger partial charge in [0.25, 0.3) is 5.88 Å². The summed E-state index contributed by atoms with van der Waals surface area (Å²) in [6.45, 7) is 3.89. The van der Waals surface area contributed by atoms with Crippen LogP contribution in [0, 0.1) is 0 Å². The molecule has 0 fully saturated rings. The van der Waals surface area contributed by atoms with Gasteiger partial charge in [-0.15, -0.1) is 5.10 Å². The number of rotatable bonds is 6. The van der Waals surface area contributed by atoms with E-state index in [1.165, 1.54) is 0 Å². The van der Waals surface area contributed by atoms with E-state index in [0.717, 1.165) is 13.0 Å². The highest BCUT2D eigenvalue weighted by Gasteiger charge is 2.03. The van der Waals surface area contributed by atoms with Crippen LogP contribution in [0.3, 0.4) is 0 Å². The van der Waals surface area contributed by atoms with E-state index < -0.39 is 0 Å². The number of nitrogens with two attached hydrogens (primary N) is 1. The maximum Gasteiger partial charge on any atom is 0.256 e. The molecule has 0 radical (unpaired) electrons. The zero-order valence-electron chi connectivity index (χ0n) is 8.69. The first-order chi connectivity index (χ1) is 6.74. The summed E-state index contributed by atoms with van der Waals surface area (Å²) in [4.78, 5) is 0. The highest BCUT2D eigenvalue weighted by atomic mass is 16.5. The van der Waals surface area contributed by atoms with Crippen molar-refractivity contribution in [3.05, 3.63) is 6.20 Å². The Balaban J connectivity index is 2.21. The van der Waals surface area contributed by atoms with Gasteiger partial charge in [-0.3, -0.25) is 4.68 Å². The molecule has 0 saturated carbocycles. The van der Waals surface area contributed by atoms with Gasteiger partial charge in [0.2, 0.25) is 0 Å². The first-order valence-corrected chi connectivity index (χ1v) is 4.73. The number of aromatic nitrogens is 2. The van der Waals surface area contributed by atoms with E-state index >= 15 is 0 Å². The second-order valence-electron chi connectivity index (χ2n) is 3.02. The summed E-state index contributed by atoms with van der Waals surface area (Å²) in [5.41, 5.74) is 6.19. The predicted molar refractivity (Wildman–Crippen MR) is 54.2 cm³/mol. The molecular formula is C9H17N3O2. The Morgan fingerprint density at radius 2 is 2.21 bits per heavy atom. The molecule has 0 aromatic carbocycles. The average molecular weight is 199 g/mol. The van der Waals surface area contributed by atoms with E-state index in [-0.39, 0.29) is 0 Å². The molecule has 0 spiro atoms. The molecule has 0 aliphatic rings. The molecule has 2 N–H and O–H groups in total. The van der Waals surface area contributed by atoms with Crippen LogP contribution in [0.5, 0.6) is 5.88 Å². The van der Waals surface area contributed by atoms with E-state index in [1.807, 2.05) is 0 Å². The van der Waals surface area contributed by atoms with Gasteiger partial charge in [-0.25, -0.2) is 0 Å². The van der Waals surface area contributed by atoms with Gasteiger partial charge in [0.1, 0.15) is 12.3 Å². The minimum atomic E-state index is 0.479. The summed E-state index contributed by atoms with van der Waals surface area (Å²) in [7, 11) is 1.80. The Labute approximate surface area is 83.8 Å². The van der Waals surface area contributed by atoms with Crippen molar-refractivity contribution in [3.8, 4) is 5.88 Å². The van der Waals surface area contributed by atoms with Crippen molar-refractivity contribution in [3.63, 3.8) is 0 Å². The van der Waals surface area contributed by atoms with Gasteiger partial charge in [0.05, 0.1) is 12.8 Å². The fourth-order valence-electron chi connectivity index (χ4n) is 1.04. The van der Waals surface area contributed by atoms with Crippen LogP contribution < -0.4 is 10.5 Å². The molecule has 0 aliphatic heterocycles. The van der Waals surface area contributed by atoms with Crippen molar-refractivity contribution in [1.82, 2.24) is 9.78 Å². The normalized spacial score (nSPS) is 10.4. The van der Waals surface area contributed by atoms with Crippen molar-refractivity contribution in [2.24, 2.45) is 7.05 Å². The number of nitrogens with zero attached hydrogens (tertiary/aromatic N) is 2. The molecule has 1 heterocycles. The Kier molecular flexibility index (Phi) is 4.25. The summed E-state index contributed by atoms with van der Waals surface area (Å²) in [6.07, 6.45) is 2.73. The first kappa shape index (κ1) is 10.8. The quantitative estimate of drug-likeness (QED) is 0.688. The van der Waals surface area contributed by atoms with E-state index in [9.17, 15) is 0 Å². The van der Waals surface area contributed by atoms with Crippen molar-refractivity contribution >= 4 is 5.69 Å². The zero-order valence-corrected chi connectivity index (χ0v) is 8.69. The third-order valence-corrected chi connectivity index (χ3v) is 1.64. The number of nitrogen functional groups attached to an aromatic ring is 1. The Hall–Kier alpha value is -1.23. The maximum absolute atomic E-state index is 5.63. The minimum absolute atomic E-state index is 0.479. The lowest BCUT2D eigenvalue weighted by atomic mass is 10.5. The summed E-state index contributed by atoms with van der Waals surface area (Å²) in [5, 5.41) is 4.04. The number of hydrogen-bond donors (Lipinski definition) is 1. The second-order valence-corrected chi connectivity index (χ2v) is 3.02. The number of anilines is 1. The molecule has 5 heteroatoms. The van der Waals surface area contributed by atoms with Gasteiger partial charge in [-0.05, 0) is 6.42 Å². The Morgan fingerprint density at radius 1 is 1.43 bits per heavy atom. The van der Waals surface area contributed by atoms with Crippen molar-refractivity contribution in [1.29, 1.82) is 0 Å². The van der Waals surface area contributed by atoms with Gasteiger partial charge >= 0.3 is 0 Å². The zero-order chi connectivity index (χ0) is 10.4. The molecule has 1 rings (SSSR count). The van der Waals surface area contributed by atoms with Crippen LogP contribution in [-0.4, -0.2) is 29.6 Å². The lowest BCUT2D eigenvalue weighted by Crippen LogP contribution is -2.08. The molecule has 0 bridgehead atoms.